The zero-order valence-electron chi connectivity index (χ0n) is 17.3. The number of amides is 1. The number of benzene rings is 2. The SMILES string of the molecule is CCOc1ccc(C(CNC(=O)c2ccc(Br)o2)c2c[nH]c3ccccc23)cc1OC. The summed E-state index contributed by atoms with van der Waals surface area (Å²) in [4.78, 5) is 15.9. The molecule has 0 fully saturated rings. The first-order valence-corrected chi connectivity index (χ1v) is 10.8. The van der Waals surface area contributed by atoms with E-state index in [2.05, 4.69) is 32.3 Å². The summed E-state index contributed by atoms with van der Waals surface area (Å²) < 4.78 is 17.1. The first kappa shape index (κ1) is 21.1. The van der Waals surface area contributed by atoms with Crippen LogP contribution in [-0.4, -0.2) is 31.2 Å². The van der Waals surface area contributed by atoms with Gasteiger partial charge < -0.3 is 24.2 Å². The number of fused-ring (bicyclic) bond motifs is 1. The third kappa shape index (κ3) is 4.46. The molecule has 2 N–H and O–H groups in total. The number of para-hydroxylation sites is 1. The maximum Gasteiger partial charge on any atom is 0.287 e. The van der Waals surface area contributed by atoms with Crippen LogP contribution >= 0.6 is 15.9 Å². The summed E-state index contributed by atoms with van der Waals surface area (Å²) in [6, 6.07) is 17.3. The van der Waals surface area contributed by atoms with Crippen LogP contribution in [0, 0.1) is 0 Å². The van der Waals surface area contributed by atoms with E-state index in [1.165, 1.54) is 0 Å². The molecule has 1 unspecified atom stereocenters. The molecule has 1 atom stereocenters. The molecule has 0 aliphatic heterocycles. The molecule has 2 aromatic carbocycles. The van der Waals surface area contributed by atoms with E-state index in [4.69, 9.17) is 13.9 Å². The number of carbonyl (C=O) groups is 1. The van der Waals surface area contributed by atoms with Crippen LogP contribution in [-0.2, 0) is 0 Å². The molecule has 4 rings (SSSR count). The number of ether oxygens (including phenoxy) is 2. The molecule has 31 heavy (non-hydrogen) atoms. The molecule has 6 nitrogen and oxygen atoms in total. The largest absolute Gasteiger partial charge is 0.493 e. The van der Waals surface area contributed by atoms with Crippen LogP contribution < -0.4 is 14.8 Å². The second-order valence-electron chi connectivity index (χ2n) is 7.00. The topological polar surface area (TPSA) is 76.5 Å². The smallest absolute Gasteiger partial charge is 0.287 e. The monoisotopic (exact) mass is 482 g/mol. The minimum atomic E-state index is -0.270. The number of furan rings is 1. The van der Waals surface area contributed by atoms with E-state index in [0.29, 0.717) is 29.3 Å². The van der Waals surface area contributed by atoms with Crippen LogP contribution in [0.3, 0.4) is 0 Å². The average Bonchev–Trinajstić information content (AvgIpc) is 3.41. The molecule has 0 saturated heterocycles. The molecule has 1 amide bonds. The number of H-pyrrole nitrogens is 1. The van der Waals surface area contributed by atoms with E-state index in [0.717, 1.165) is 22.0 Å². The molecule has 160 valence electrons. The van der Waals surface area contributed by atoms with Crippen molar-refractivity contribution in [3.05, 3.63) is 82.4 Å². The highest BCUT2D eigenvalue weighted by Crippen LogP contribution is 2.36. The van der Waals surface area contributed by atoms with Gasteiger partial charge in [-0.05, 0) is 64.3 Å². The van der Waals surface area contributed by atoms with Gasteiger partial charge in [-0.15, -0.1) is 0 Å². The molecule has 0 spiro atoms. The van der Waals surface area contributed by atoms with Crippen LogP contribution in [0.5, 0.6) is 11.5 Å². The van der Waals surface area contributed by atoms with Gasteiger partial charge >= 0.3 is 0 Å². The Hall–Kier alpha value is -3.19. The Kier molecular flexibility index (Phi) is 6.32. The molecule has 0 aliphatic rings. The van der Waals surface area contributed by atoms with Gasteiger partial charge in [0.25, 0.3) is 5.91 Å². The quantitative estimate of drug-likeness (QED) is 0.348. The summed E-state index contributed by atoms with van der Waals surface area (Å²) in [5, 5.41) is 4.11. The lowest BCUT2D eigenvalue weighted by atomic mass is 9.90. The maximum atomic E-state index is 12.6. The highest BCUT2D eigenvalue weighted by atomic mass is 79.9. The van der Waals surface area contributed by atoms with Crippen molar-refractivity contribution >= 4 is 32.7 Å². The van der Waals surface area contributed by atoms with Crippen molar-refractivity contribution in [2.24, 2.45) is 0 Å². The maximum absolute atomic E-state index is 12.6. The van der Waals surface area contributed by atoms with Crippen molar-refractivity contribution in [3.63, 3.8) is 0 Å². The Labute approximate surface area is 188 Å². The Balaban J connectivity index is 1.70. The lowest BCUT2D eigenvalue weighted by Gasteiger charge is -2.20. The first-order valence-electron chi connectivity index (χ1n) is 10.0. The molecule has 0 bridgehead atoms. The second kappa shape index (κ2) is 9.31. The number of aromatic amines is 1. The number of halogens is 1. The van der Waals surface area contributed by atoms with Gasteiger partial charge in [-0.1, -0.05) is 24.3 Å². The molecule has 4 aromatic rings. The zero-order valence-corrected chi connectivity index (χ0v) is 18.9. The molecule has 0 radical (unpaired) electrons. The van der Waals surface area contributed by atoms with Crippen molar-refractivity contribution < 1.29 is 18.7 Å². The van der Waals surface area contributed by atoms with E-state index in [1.54, 1.807) is 19.2 Å². The van der Waals surface area contributed by atoms with Gasteiger partial charge in [0.1, 0.15) is 0 Å². The summed E-state index contributed by atoms with van der Waals surface area (Å²) in [5.74, 6) is 1.23. The standard InChI is InChI=1S/C24H23BrN2O4/c1-3-30-20-9-8-15(12-22(20)29-2)17(13-27-24(28)21-10-11-23(25)31-21)18-14-26-19-7-5-4-6-16(18)19/h4-12,14,17,26H,3,13H2,1-2H3,(H,27,28). The summed E-state index contributed by atoms with van der Waals surface area (Å²) in [7, 11) is 1.62. The molecular formula is C24H23BrN2O4. The normalized spacial score (nSPS) is 12.0. The second-order valence-corrected chi connectivity index (χ2v) is 7.78. The number of hydrogen-bond donors (Lipinski definition) is 2. The zero-order chi connectivity index (χ0) is 21.8. The highest BCUT2D eigenvalue weighted by molar-refractivity contribution is 9.10. The Bertz CT molecular complexity index is 1200. The summed E-state index contributed by atoms with van der Waals surface area (Å²) >= 11 is 3.23. The van der Waals surface area contributed by atoms with Crippen LogP contribution in [0.25, 0.3) is 10.9 Å². The Morgan fingerprint density at radius 1 is 1.16 bits per heavy atom. The molecule has 0 saturated carbocycles. The van der Waals surface area contributed by atoms with Gasteiger partial charge in [-0.3, -0.25) is 4.79 Å². The fraction of sp³-hybridized carbons (Fsp3) is 0.208. The highest BCUT2D eigenvalue weighted by Gasteiger charge is 2.22. The Morgan fingerprint density at radius 3 is 2.74 bits per heavy atom. The molecule has 0 aliphatic carbocycles. The summed E-state index contributed by atoms with van der Waals surface area (Å²) in [5.41, 5.74) is 3.13. The van der Waals surface area contributed by atoms with Crippen molar-refractivity contribution in [2.75, 3.05) is 20.3 Å². The van der Waals surface area contributed by atoms with E-state index < -0.39 is 0 Å². The van der Waals surface area contributed by atoms with Crippen molar-refractivity contribution in [1.29, 1.82) is 0 Å². The third-order valence-electron chi connectivity index (χ3n) is 5.15. The van der Waals surface area contributed by atoms with E-state index in [1.807, 2.05) is 49.5 Å². The van der Waals surface area contributed by atoms with Gasteiger partial charge in [-0.2, -0.15) is 0 Å². The van der Waals surface area contributed by atoms with Gasteiger partial charge in [0.2, 0.25) is 0 Å². The number of nitrogens with one attached hydrogen (secondary N) is 2. The Morgan fingerprint density at radius 2 is 2.00 bits per heavy atom. The van der Waals surface area contributed by atoms with Crippen molar-refractivity contribution in [3.8, 4) is 11.5 Å². The lowest BCUT2D eigenvalue weighted by Crippen LogP contribution is -2.28. The average molecular weight is 483 g/mol. The first-order chi connectivity index (χ1) is 15.1. The summed E-state index contributed by atoms with van der Waals surface area (Å²) in [6.07, 6.45) is 1.99. The number of rotatable bonds is 8. The third-order valence-corrected chi connectivity index (χ3v) is 5.58. The van der Waals surface area contributed by atoms with Crippen LogP contribution in [0.15, 0.2) is 69.9 Å². The number of hydrogen-bond acceptors (Lipinski definition) is 4. The molecular weight excluding hydrogens is 460 g/mol. The van der Waals surface area contributed by atoms with Crippen LogP contribution in [0.2, 0.25) is 0 Å². The molecule has 7 heteroatoms. The van der Waals surface area contributed by atoms with Crippen molar-refractivity contribution in [1.82, 2.24) is 10.3 Å². The van der Waals surface area contributed by atoms with Crippen LogP contribution in [0.1, 0.15) is 34.5 Å². The van der Waals surface area contributed by atoms with Gasteiger partial charge in [0.15, 0.2) is 21.9 Å². The number of carbonyl (C=O) groups excluding carboxylic acids is 1. The minimum Gasteiger partial charge on any atom is -0.493 e. The molecule has 2 aromatic heterocycles. The van der Waals surface area contributed by atoms with Crippen LogP contribution in [0.4, 0.5) is 0 Å². The number of methoxy groups -OCH3 is 1. The minimum absolute atomic E-state index is 0.108. The predicted molar refractivity (Wildman–Crippen MR) is 123 cm³/mol. The van der Waals surface area contributed by atoms with Gasteiger partial charge in [0.05, 0.1) is 13.7 Å². The van der Waals surface area contributed by atoms with E-state index >= 15 is 0 Å². The fourth-order valence-corrected chi connectivity index (χ4v) is 3.99. The van der Waals surface area contributed by atoms with Crippen molar-refractivity contribution in [2.45, 2.75) is 12.8 Å². The fourth-order valence-electron chi connectivity index (χ4n) is 3.68. The molecule has 2 heterocycles. The predicted octanol–water partition coefficient (Wildman–Crippen LogP) is 5.49. The van der Waals surface area contributed by atoms with E-state index in [-0.39, 0.29) is 17.6 Å². The van der Waals surface area contributed by atoms with E-state index in [9.17, 15) is 4.79 Å². The van der Waals surface area contributed by atoms with Gasteiger partial charge in [0, 0.05) is 29.6 Å². The van der Waals surface area contributed by atoms with Gasteiger partial charge in [-0.25, -0.2) is 0 Å². The summed E-state index contributed by atoms with van der Waals surface area (Å²) in [6.45, 7) is 2.87. The number of aromatic nitrogens is 1. The lowest BCUT2D eigenvalue weighted by molar-refractivity contribution is 0.0923.